The summed E-state index contributed by atoms with van der Waals surface area (Å²) in [4.78, 5) is 42.5. The van der Waals surface area contributed by atoms with E-state index in [2.05, 4.69) is 6.92 Å². The summed E-state index contributed by atoms with van der Waals surface area (Å²) in [5, 5.41) is 0.333. The zero-order valence-electron chi connectivity index (χ0n) is 20.6. The van der Waals surface area contributed by atoms with Crippen LogP contribution in [0.15, 0.2) is 46.0 Å². The molecular formula is C26H31N3O6. The molecule has 1 amide bonds. The molecule has 0 radical (unpaired) electrons. The van der Waals surface area contributed by atoms with Crippen LogP contribution in [0.5, 0.6) is 17.2 Å². The lowest BCUT2D eigenvalue weighted by molar-refractivity contribution is -0.135. The van der Waals surface area contributed by atoms with Gasteiger partial charge in [0.05, 0.1) is 37.9 Å². The summed E-state index contributed by atoms with van der Waals surface area (Å²) < 4.78 is 18.6. The number of aromatic nitrogens is 2. The number of para-hydroxylation sites is 1. The molecule has 1 atom stereocenters. The van der Waals surface area contributed by atoms with Gasteiger partial charge in [-0.2, -0.15) is 0 Å². The van der Waals surface area contributed by atoms with E-state index in [4.69, 9.17) is 14.2 Å². The van der Waals surface area contributed by atoms with Crippen molar-refractivity contribution in [1.29, 1.82) is 0 Å². The second-order valence-corrected chi connectivity index (χ2v) is 8.55. The van der Waals surface area contributed by atoms with Gasteiger partial charge in [0.25, 0.3) is 5.56 Å². The fourth-order valence-corrected chi connectivity index (χ4v) is 4.88. The van der Waals surface area contributed by atoms with Gasteiger partial charge in [0, 0.05) is 24.7 Å². The van der Waals surface area contributed by atoms with Crippen molar-refractivity contribution in [3.63, 3.8) is 0 Å². The molecule has 3 aromatic rings. The van der Waals surface area contributed by atoms with Gasteiger partial charge in [0.1, 0.15) is 6.54 Å². The van der Waals surface area contributed by atoms with Crippen LogP contribution in [0.1, 0.15) is 32.6 Å². The molecule has 1 aliphatic heterocycles. The summed E-state index contributed by atoms with van der Waals surface area (Å²) in [6.45, 7) is 2.60. The molecule has 0 unspecified atom stereocenters. The Balaban J connectivity index is 1.91. The van der Waals surface area contributed by atoms with Gasteiger partial charge in [0.15, 0.2) is 11.5 Å². The van der Waals surface area contributed by atoms with Gasteiger partial charge in [-0.3, -0.25) is 14.2 Å². The Morgan fingerprint density at radius 3 is 2.31 bits per heavy atom. The van der Waals surface area contributed by atoms with E-state index in [0.717, 1.165) is 30.3 Å². The maximum absolute atomic E-state index is 13.8. The molecule has 1 saturated heterocycles. The fraction of sp³-hybridized carbons (Fsp3) is 0.423. The SMILES string of the molecule is CC[C@@H]1CCCCN1C(=O)Cn1c(=O)n(-c2cc(OC)c(OC)c(OC)c2)c(=O)c2ccccc21. The van der Waals surface area contributed by atoms with Gasteiger partial charge in [-0.05, 0) is 37.8 Å². The van der Waals surface area contributed by atoms with Crippen molar-refractivity contribution in [3.05, 3.63) is 57.2 Å². The average Bonchev–Trinajstić information content (AvgIpc) is 2.90. The average molecular weight is 482 g/mol. The van der Waals surface area contributed by atoms with E-state index < -0.39 is 11.2 Å². The van der Waals surface area contributed by atoms with E-state index in [9.17, 15) is 14.4 Å². The van der Waals surface area contributed by atoms with Crippen LogP contribution in [-0.4, -0.2) is 53.9 Å². The number of piperidine rings is 1. The van der Waals surface area contributed by atoms with Crippen molar-refractivity contribution in [2.75, 3.05) is 27.9 Å². The smallest absolute Gasteiger partial charge is 0.336 e. The molecule has 35 heavy (non-hydrogen) atoms. The molecule has 186 valence electrons. The van der Waals surface area contributed by atoms with Crippen molar-refractivity contribution in [1.82, 2.24) is 14.0 Å². The Morgan fingerprint density at radius 1 is 1.00 bits per heavy atom. The number of ether oxygens (including phenoxy) is 3. The van der Waals surface area contributed by atoms with Crippen LogP contribution in [0, 0.1) is 0 Å². The Morgan fingerprint density at radius 2 is 1.69 bits per heavy atom. The zero-order chi connectivity index (χ0) is 25.1. The highest BCUT2D eigenvalue weighted by Gasteiger charge is 2.27. The summed E-state index contributed by atoms with van der Waals surface area (Å²) in [7, 11) is 4.40. The first-order chi connectivity index (χ1) is 16.9. The van der Waals surface area contributed by atoms with E-state index >= 15 is 0 Å². The lowest BCUT2D eigenvalue weighted by atomic mass is 10.00. The second-order valence-electron chi connectivity index (χ2n) is 8.55. The van der Waals surface area contributed by atoms with Gasteiger partial charge < -0.3 is 19.1 Å². The number of hydrogen-bond acceptors (Lipinski definition) is 6. The molecule has 0 N–H and O–H groups in total. The van der Waals surface area contributed by atoms with Gasteiger partial charge in [0.2, 0.25) is 11.7 Å². The number of nitrogens with zero attached hydrogens (tertiary/aromatic N) is 3. The number of carbonyl (C=O) groups is 1. The first kappa shape index (κ1) is 24.4. The highest BCUT2D eigenvalue weighted by atomic mass is 16.5. The molecule has 4 rings (SSSR count). The quantitative estimate of drug-likeness (QED) is 0.515. The third kappa shape index (κ3) is 4.38. The predicted octanol–water partition coefficient (Wildman–Crippen LogP) is 2.97. The number of methoxy groups -OCH3 is 3. The third-order valence-corrected chi connectivity index (χ3v) is 6.67. The number of fused-ring (bicyclic) bond motifs is 1. The third-order valence-electron chi connectivity index (χ3n) is 6.67. The molecule has 9 nitrogen and oxygen atoms in total. The summed E-state index contributed by atoms with van der Waals surface area (Å²) >= 11 is 0. The molecule has 1 fully saturated rings. The molecule has 1 aliphatic rings. The summed E-state index contributed by atoms with van der Waals surface area (Å²) in [6, 6.07) is 10.1. The topological polar surface area (TPSA) is 92.0 Å². The normalized spacial score (nSPS) is 15.8. The maximum atomic E-state index is 13.8. The van der Waals surface area contributed by atoms with Crippen LogP contribution >= 0.6 is 0 Å². The molecule has 1 aromatic heterocycles. The second kappa shape index (κ2) is 10.2. The van der Waals surface area contributed by atoms with Crippen molar-refractivity contribution in [3.8, 4) is 22.9 Å². The molecule has 0 spiro atoms. The minimum Gasteiger partial charge on any atom is -0.493 e. The first-order valence-electron chi connectivity index (χ1n) is 11.8. The highest BCUT2D eigenvalue weighted by molar-refractivity contribution is 5.82. The standard InChI is InChI=1S/C26H31N3O6/c1-5-17-10-8-9-13-27(17)23(30)16-28-20-12-7-6-11-19(20)25(31)29(26(28)32)18-14-21(33-2)24(35-4)22(15-18)34-3/h6-7,11-12,14-15,17H,5,8-10,13,16H2,1-4H3/t17-/m1/s1. The van der Waals surface area contributed by atoms with E-state index in [1.165, 1.54) is 25.9 Å². The van der Waals surface area contributed by atoms with Gasteiger partial charge >= 0.3 is 5.69 Å². The number of benzene rings is 2. The Hall–Kier alpha value is -3.75. The Labute approximate surface area is 203 Å². The molecule has 0 bridgehead atoms. The molecular weight excluding hydrogens is 450 g/mol. The van der Waals surface area contributed by atoms with Crippen molar-refractivity contribution in [2.24, 2.45) is 0 Å². The van der Waals surface area contributed by atoms with Gasteiger partial charge in [-0.1, -0.05) is 19.1 Å². The Kier molecular flexibility index (Phi) is 7.14. The van der Waals surface area contributed by atoms with E-state index in [0.29, 0.717) is 34.7 Å². The molecule has 0 saturated carbocycles. The van der Waals surface area contributed by atoms with Gasteiger partial charge in [-0.25, -0.2) is 9.36 Å². The van der Waals surface area contributed by atoms with Gasteiger partial charge in [-0.15, -0.1) is 0 Å². The monoisotopic (exact) mass is 481 g/mol. The van der Waals surface area contributed by atoms with Crippen LogP contribution in [0.4, 0.5) is 0 Å². The van der Waals surface area contributed by atoms with Crippen LogP contribution in [0.25, 0.3) is 16.6 Å². The van der Waals surface area contributed by atoms with Crippen molar-refractivity contribution in [2.45, 2.75) is 45.2 Å². The van der Waals surface area contributed by atoms with E-state index in [1.54, 1.807) is 36.4 Å². The first-order valence-corrected chi connectivity index (χ1v) is 11.8. The van der Waals surface area contributed by atoms with E-state index in [1.807, 2.05) is 4.90 Å². The predicted molar refractivity (Wildman–Crippen MR) is 133 cm³/mol. The van der Waals surface area contributed by atoms with Crippen LogP contribution < -0.4 is 25.5 Å². The highest BCUT2D eigenvalue weighted by Crippen LogP contribution is 2.38. The molecule has 9 heteroatoms. The summed E-state index contributed by atoms with van der Waals surface area (Å²) in [5.41, 5.74) is -0.426. The van der Waals surface area contributed by atoms with E-state index in [-0.39, 0.29) is 24.2 Å². The fourth-order valence-electron chi connectivity index (χ4n) is 4.88. The minimum atomic E-state index is -0.610. The molecule has 2 aromatic carbocycles. The van der Waals surface area contributed by atoms with Crippen molar-refractivity contribution >= 4 is 16.8 Å². The lowest BCUT2D eigenvalue weighted by Crippen LogP contribution is -2.47. The number of likely N-dealkylation sites (tertiary alicyclic amines) is 1. The summed E-state index contributed by atoms with van der Waals surface area (Å²) in [6.07, 6.45) is 3.87. The number of amides is 1. The van der Waals surface area contributed by atoms with Crippen LogP contribution in [0.3, 0.4) is 0 Å². The van der Waals surface area contributed by atoms with Crippen LogP contribution in [-0.2, 0) is 11.3 Å². The van der Waals surface area contributed by atoms with Crippen LogP contribution in [0.2, 0.25) is 0 Å². The summed E-state index contributed by atoms with van der Waals surface area (Å²) in [5.74, 6) is 0.837. The Bertz CT molecular complexity index is 1330. The lowest BCUT2D eigenvalue weighted by Gasteiger charge is -2.35. The minimum absolute atomic E-state index is 0.126. The van der Waals surface area contributed by atoms with Crippen molar-refractivity contribution < 1.29 is 19.0 Å². The largest absolute Gasteiger partial charge is 0.493 e. The number of hydrogen-bond donors (Lipinski definition) is 0. The molecule has 2 heterocycles. The number of carbonyl (C=O) groups excluding carboxylic acids is 1. The maximum Gasteiger partial charge on any atom is 0.336 e. The molecule has 0 aliphatic carbocycles. The number of rotatable bonds is 7. The zero-order valence-corrected chi connectivity index (χ0v) is 20.6.